The van der Waals surface area contributed by atoms with Crippen LogP contribution in [0.3, 0.4) is 0 Å². The summed E-state index contributed by atoms with van der Waals surface area (Å²) in [6.45, 7) is 1.80. The molecule has 0 aromatic carbocycles. The van der Waals surface area contributed by atoms with Crippen LogP contribution in [0, 0.1) is 11.8 Å². The molecular formula is C14H15N3O. The number of carbonyl (C=O) groups excluding carboxylic acids is 1. The zero-order valence-electron chi connectivity index (χ0n) is 10.6. The van der Waals surface area contributed by atoms with E-state index >= 15 is 0 Å². The molecule has 0 N–H and O–H groups in total. The first-order valence-corrected chi connectivity index (χ1v) is 6.17. The molecule has 4 nitrogen and oxygen atoms in total. The SMILES string of the molecule is CC#Cc1ccc(N2C(=O)N(C)[C@H]3CC[C@H]32)nc1. The molecule has 0 spiro atoms. The Morgan fingerprint density at radius 3 is 2.61 bits per heavy atom. The summed E-state index contributed by atoms with van der Waals surface area (Å²) in [6, 6.07) is 4.53. The molecule has 2 atom stereocenters. The van der Waals surface area contributed by atoms with Crippen molar-refractivity contribution in [1.29, 1.82) is 0 Å². The van der Waals surface area contributed by atoms with E-state index in [2.05, 4.69) is 16.8 Å². The van der Waals surface area contributed by atoms with Gasteiger partial charge in [-0.3, -0.25) is 4.90 Å². The first-order valence-electron chi connectivity index (χ1n) is 6.17. The molecule has 4 heteroatoms. The topological polar surface area (TPSA) is 36.4 Å². The standard InChI is InChI=1S/C14H15N3O/c1-3-4-10-5-8-13(15-9-10)17-12-7-6-11(12)16(2)14(17)18/h5,8-9,11-12H,6-7H2,1-2H3/t11-,12+/m0/s1. The van der Waals surface area contributed by atoms with Gasteiger partial charge in [0.15, 0.2) is 0 Å². The van der Waals surface area contributed by atoms with E-state index in [0.717, 1.165) is 24.2 Å². The maximum atomic E-state index is 12.2. The van der Waals surface area contributed by atoms with Gasteiger partial charge < -0.3 is 4.90 Å². The van der Waals surface area contributed by atoms with Gasteiger partial charge in [0.2, 0.25) is 0 Å². The Bertz CT molecular complexity index is 540. The van der Waals surface area contributed by atoms with Crippen molar-refractivity contribution in [2.24, 2.45) is 0 Å². The van der Waals surface area contributed by atoms with Crippen molar-refractivity contribution in [2.75, 3.05) is 11.9 Å². The quantitative estimate of drug-likeness (QED) is 0.704. The number of likely N-dealkylation sites (N-methyl/N-ethyl adjacent to an activating group) is 1. The number of rotatable bonds is 1. The monoisotopic (exact) mass is 241 g/mol. The van der Waals surface area contributed by atoms with Gasteiger partial charge in [-0.1, -0.05) is 5.92 Å². The Balaban J connectivity index is 1.90. The van der Waals surface area contributed by atoms with Crippen molar-refractivity contribution in [3.8, 4) is 11.8 Å². The molecule has 1 aromatic rings. The summed E-state index contributed by atoms with van der Waals surface area (Å²) < 4.78 is 0. The number of hydrogen-bond donors (Lipinski definition) is 0. The van der Waals surface area contributed by atoms with Crippen molar-refractivity contribution in [2.45, 2.75) is 31.8 Å². The summed E-state index contributed by atoms with van der Waals surface area (Å²) in [6.07, 6.45) is 3.90. The van der Waals surface area contributed by atoms with Crippen LogP contribution in [0.15, 0.2) is 18.3 Å². The maximum absolute atomic E-state index is 12.2. The Kier molecular flexibility index (Phi) is 2.48. The predicted molar refractivity (Wildman–Crippen MR) is 69.2 cm³/mol. The Morgan fingerprint density at radius 2 is 2.11 bits per heavy atom. The van der Waals surface area contributed by atoms with Crippen LogP contribution in [0.25, 0.3) is 0 Å². The van der Waals surface area contributed by atoms with E-state index in [0.29, 0.717) is 12.1 Å². The van der Waals surface area contributed by atoms with E-state index in [1.54, 1.807) is 13.1 Å². The molecule has 3 rings (SSSR count). The largest absolute Gasteiger partial charge is 0.326 e. The maximum Gasteiger partial charge on any atom is 0.326 e. The van der Waals surface area contributed by atoms with Crippen LogP contribution in [0.2, 0.25) is 0 Å². The first kappa shape index (κ1) is 11.1. The smallest absolute Gasteiger partial charge is 0.322 e. The van der Waals surface area contributed by atoms with Gasteiger partial charge in [-0.05, 0) is 31.9 Å². The van der Waals surface area contributed by atoms with E-state index in [1.807, 2.05) is 29.0 Å². The lowest BCUT2D eigenvalue weighted by atomic mass is 9.86. The number of aromatic nitrogens is 1. The summed E-state index contributed by atoms with van der Waals surface area (Å²) in [5.41, 5.74) is 0.881. The van der Waals surface area contributed by atoms with E-state index in [1.165, 1.54) is 0 Å². The number of urea groups is 1. The van der Waals surface area contributed by atoms with E-state index in [9.17, 15) is 4.79 Å². The minimum absolute atomic E-state index is 0.0596. The molecule has 0 unspecified atom stereocenters. The van der Waals surface area contributed by atoms with Gasteiger partial charge in [0.1, 0.15) is 5.82 Å². The van der Waals surface area contributed by atoms with Crippen LogP contribution in [-0.2, 0) is 0 Å². The number of amides is 2. The van der Waals surface area contributed by atoms with E-state index < -0.39 is 0 Å². The summed E-state index contributed by atoms with van der Waals surface area (Å²) in [7, 11) is 1.87. The van der Waals surface area contributed by atoms with Gasteiger partial charge in [0.05, 0.1) is 12.1 Å². The van der Waals surface area contributed by atoms with Crippen LogP contribution in [-0.4, -0.2) is 35.0 Å². The van der Waals surface area contributed by atoms with E-state index in [-0.39, 0.29) is 6.03 Å². The third-order valence-electron chi connectivity index (χ3n) is 3.80. The molecule has 2 heterocycles. The zero-order chi connectivity index (χ0) is 12.7. The zero-order valence-corrected chi connectivity index (χ0v) is 10.6. The molecule has 0 radical (unpaired) electrons. The summed E-state index contributed by atoms with van der Waals surface area (Å²) in [5, 5.41) is 0. The fourth-order valence-electron chi connectivity index (χ4n) is 2.69. The molecule has 1 aromatic heterocycles. The number of fused-ring (bicyclic) bond motifs is 1. The number of carbonyl (C=O) groups is 1. The van der Waals surface area contributed by atoms with Crippen LogP contribution in [0.5, 0.6) is 0 Å². The van der Waals surface area contributed by atoms with Crippen LogP contribution in [0.1, 0.15) is 25.3 Å². The second-order valence-corrected chi connectivity index (χ2v) is 4.76. The molecule has 1 saturated heterocycles. The second kappa shape index (κ2) is 4.02. The number of nitrogens with zero attached hydrogens (tertiary/aromatic N) is 3. The average Bonchev–Trinajstić information content (AvgIpc) is 2.50. The first-order chi connectivity index (χ1) is 8.72. The highest BCUT2D eigenvalue weighted by Crippen LogP contribution is 2.38. The summed E-state index contributed by atoms with van der Waals surface area (Å²) in [4.78, 5) is 20.2. The van der Waals surface area contributed by atoms with Crippen molar-refractivity contribution >= 4 is 11.8 Å². The predicted octanol–water partition coefficient (Wildman–Crippen LogP) is 1.86. The molecule has 2 amide bonds. The molecular weight excluding hydrogens is 226 g/mol. The average molecular weight is 241 g/mol. The fourth-order valence-corrected chi connectivity index (χ4v) is 2.69. The van der Waals surface area contributed by atoms with Crippen molar-refractivity contribution in [3.05, 3.63) is 23.9 Å². The molecule has 92 valence electrons. The lowest BCUT2D eigenvalue weighted by molar-refractivity contribution is 0.196. The highest BCUT2D eigenvalue weighted by molar-refractivity contribution is 5.95. The van der Waals surface area contributed by atoms with Gasteiger partial charge in [0, 0.05) is 18.8 Å². The molecule has 2 aliphatic rings. The Hall–Kier alpha value is -2.02. The highest BCUT2D eigenvalue weighted by atomic mass is 16.2. The normalized spacial score (nSPS) is 25.3. The van der Waals surface area contributed by atoms with Crippen molar-refractivity contribution in [1.82, 2.24) is 9.88 Å². The molecule has 1 aliphatic carbocycles. The highest BCUT2D eigenvalue weighted by Gasteiger charge is 2.50. The van der Waals surface area contributed by atoms with Gasteiger partial charge in [-0.2, -0.15) is 0 Å². The van der Waals surface area contributed by atoms with Gasteiger partial charge >= 0.3 is 6.03 Å². The molecule has 1 saturated carbocycles. The lowest BCUT2D eigenvalue weighted by Crippen LogP contribution is -2.45. The number of hydrogen-bond acceptors (Lipinski definition) is 2. The Labute approximate surface area is 107 Å². The van der Waals surface area contributed by atoms with Gasteiger partial charge in [-0.25, -0.2) is 9.78 Å². The second-order valence-electron chi connectivity index (χ2n) is 4.76. The molecule has 18 heavy (non-hydrogen) atoms. The summed E-state index contributed by atoms with van der Waals surface area (Å²) >= 11 is 0. The third-order valence-corrected chi connectivity index (χ3v) is 3.80. The van der Waals surface area contributed by atoms with Gasteiger partial charge in [-0.15, -0.1) is 5.92 Å². The van der Waals surface area contributed by atoms with Crippen molar-refractivity contribution < 1.29 is 4.79 Å². The van der Waals surface area contributed by atoms with Crippen LogP contribution in [0.4, 0.5) is 10.6 Å². The fraction of sp³-hybridized carbons (Fsp3) is 0.429. The summed E-state index contributed by atoms with van der Waals surface area (Å²) in [5.74, 6) is 6.53. The number of anilines is 1. The third kappa shape index (κ3) is 1.47. The molecule has 2 fully saturated rings. The lowest BCUT2D eigenvalue weighted by Gasteiger charge is -2.35. The van der Waals surface area contributed by atoms with Crippen LogP contribution >= 0.6 is 0 Å². The minimum atomic E-state index is 0.0596. The van der Waals surface area contributed by atoms with E-state index in [4.69, 9.17) is 0 Å². The molecule has 1 aliphatic heterocycles. The minimum Gasteiger partial charge on any atom is -0.322 e. The number of pyridine rings is 1. The van der Waals surface area contributed by atoms with Crippen LogP contribution < -0.4 is 4.90 Å². The Morgan fingerprint density at radius 1 is 1.33 bits per heavy atom. The van der Waals surface area contributed by atoms with Crippen molar-refractivity contribution in [3.63, 3.8) is 0 Å². The molecule has 0 bridgehead atoms. The van der Waals surface area contributed by atoms with Gasteiger partial charge in [0.25, 0.3) is 0 Å².